The molecule has 0 N–H and O–H groups in total. The number of hydrogen-bond donors (Lipinski definition) is 0. The summed E-state index contributed by atoms with van der Waals surface area (Å²) in [4.78, 5) is 10.5. The molecule has 2 aliphatic rings. The molecule has 1 heteroatoms. The van der Waals surface area contributed by atoms with Crippen molar-refractivity contribution in [3.63, 3.8) is 0 Å². The third-order valence-corrected chi connectivity index (χ3v) is 5.91. The molecular formula is C18H28O. The van der Waals surface area contributed by atoms with E-state index in [2.05, 4.69) is 27.4 Å². The first-order valence-corrected chi connectivity index (χ1v) is 7.70. The fourth-order valence-corrected chi connectivity index (χ4v) is 4.98. The summed E-state index contributed by atoms with van der Waals surface area (Å²) in [5, 5.41) is 0. The molecule has 0 heterocycles. The predicted octanol–water partition coefficient (Wildman–Crippen LogP) is 4.93. The second-order valence-corrected chi connectivity index (χ2v) is 7.45. The zero-order valence-corrected chi connectivity index (χ0v) is 12.7. The number of carbonyl (C=O) groups is 1. The lowest BCUT2D eigenvalue weighted by molar-refractivity contribution is -0.104. The normalized spacial score (nSPS) is 38.2. The fourth-order valence-electron chi connectivity index (χ4n) is 4.98. The van der Waals surface area contributed by atoms with Crippen LogP contribution in [-0.2, 0) is 4.79 Å². The maximum atomic E-state index is 10.5. The van der Waals surface area contributed by atoms with E-state index in [0.717, 1.165) is 18.6 Å². The van der Waals surface area contributed by atoms with Gasteiger partial charge in [-0.3, -0.25) is 4.79 Å². The highest BCUT2D eigenvalue weighted by Crippen LogP contribution is 2.61. The van der Waals surface area contributed by atoms with Gasteiger partial charge in [-0.15, -0.1) is 0 Å². The Morgan fingerprint density at radius 3 is 2.74 bits per heavy atom. The van der Waals surface area contributed by atoms with Crippen molar-refractivity contribution in [1.82, 2.24) is 0 Å². The van der Waals surface area contributed by atoms with Crippen molar-refractivity contribution in [2.75, 3.05) is 0 Å². The predicted molar refractivity (Wildman–Crippen MR) is 80.9 cm³/mol. The van der Waals surface area contributed by atoms with Crippen molar-refractivity contribution in [1.29, 1.82) is 0 Å². The second kappa shape index (κ2) is 5.26. The highest BCUT2D eigenvalue weighted by atomic mass is 16.1. The Hall–Kier alpha value is -0.850. The minimum atomic E-state index is 0.379. The Balaban J connectivity index is 2.27. The average molecular weight is 260 g/mol. The molecule has 0 aliphatic heterocycles. The van der Waals surface area contributed by atoms with Gasteiger partial charge in [0.2, 0.25) is 0 Å². The van der Waals surface area contributed by atoms with Gasteiger partial charge in [0, 0.05) is 0 Å². The lowest BCUT2D eigenvalue weighted by atomic mass is 9.47. The fraction of sp³-hybridized carbons (Fsp3) is 0.722. The summed E-state index contributed by atoms with van der Waals surface area (Å²) in [7, 11) is 0. The Kier molecular flexibility index (Phi) is 4.03. The van der Waals surface area contributed by atoms with Crippen LogP contribution in [0.2, 0.25) is 0 Å². The third-order valence-electron chi connectivity index (χ3n) is 5.91. The number of aldehydes is 1. The van der Waals surface area contributed by atoms with Gasteiger partial charge in [0.25, 0.3) is 0 Å². The van der Waals surface area contributed by atoms with Gasteiger partial charge in [-0.1, -0.05) is 45.4 Å². The van der Waals surface area contributed by atoms with Gasteiger partial charge in [0.15, 0.2) is 0 Å². The maximum Gasteiger partial charge on any atom is 0.142 e. The molecule has 0 aromatic rings. The molecule has 19 heavy (non-hydrogen) atoms. The molecule has 0 spiro atoms. The first-order chi connectivity index (χ1) is 8.92. The largest absolute Gasteiger partial charge is 0.299 e. The van der Waals surface area contributed by atoms with Crippen LogP contribution in [0.15, 0.2) is 24.3 Å². The van der Waals surface area contributed by atoms with Crippen LogP contribution in [0.4, 0.5) is 0 Å². The first-order valence-electron chi connectivity index (χ1n) is 7.70. The Bertz CT molecular complexity index is 390. The van der Waals surface area contributed by atoms with Gasteiger partial charge in [-0.05, 0) is 60.8 Å². The average Bonchev–Trinajstić information content (AvgIpc) is 2.31. The lowest BCUT2D eigenvalue weighted by Crippen LogP contribution is -2.49. The molecule has 2 rings (SSSR count). The van der Waals surface area contributed by atoms with Crippen molar-refractivity contribution in [3.05, 3.63) is 24.3 Å². The molecule has 0 radical (unpaired) electrons. The van der Waals surface area contributed by atoms with Gasteiger partial charge < -0.3 is 0 Å². The molecule has 2 fully saturated rings. The van der Waals surface area contributed by atoms with Crippen LogP contribution >= 0.6 is 0 Å². The molecule has 2 saturated carbocycles. The van der Waals surface area contributed by atoms with Crippen molar-refractivity contribution in [2.24, 2.45) is 22.7 Å². The summed E-state index contributed by atoms with van der Waals surface area (Å²) >= 11 is 0. The van der Waals surface area contributed by atoms with E-state index >= 15 is 0 Å². The Morgan fingerprint density at radius 1 is 1.32 bits per heavy atom. The minimum absolute atomic E-state index is 0.379. The van der Waals surface area contributed by atoms with Crippen LogP contribution in [-0.4, -0.2) is 6.29 Å². The van der Waals surface area contributed by atoms with Gasteiger partial charge in [0.1, 0.15) is 6.29 Å². The summed E-state index contributed by atoms with van der Waals surface area (Å²) in [5.41, 5.74) is 2.25. The van der Waals surface area contributed by atoms with Crippen LogP contribution in [0.5, 0.6) is 0 Å². The molecule has 0 saturated heterocycles. The summed E-state index contributed by atoms with van der Waals surface area (Å²) in [5.74, 6) is 1.36. The zero-order valence-electron chi connectivity index (χ0n) is 12.7. The van der Waals surface area contributed by atoms with E-state index in [1.165, 1.54) is 37.7 Å². The summed E-state index contributed by atoms with van der Waals surface area (Å²) < 4.78 is 0. The summed E-state index contributed by atoms with van der Waals surface area (Å²) in [6.45, 7) is 11.7. The van der Waals surface area contributed by atoms with Crippen molar-refractivity contribution >= 4 is 6.29 Å². The third kappa shape index (κ3) is 2.57. The van der Waals surface area contributed by atoms with Crippen LogP contribution in [0.3, 0.4) is 0 Å². The van der Waals surface area contributed by atoms with E-state index in [4.69, 9.17) is 0 Å². The molecule has 2 aliphatic carbocycles. The van der Waals surface area contributed by atoms with Gasteiger partial charge in [-0.2, -0.15) is 0 Å². The van der Waals surface area contributed by atoms with Gasteiger partial charge in [-0.25, -0.2) is 0 Å². The molecule has 0 aromatic carbocycles. The van der Waals surface area contributed by atoms with E-state index in [-0.39, 0.29) is 0 Å². The molecule has 106 valence electrons. The number of carbonyl (C=O) groups excluding carboxylic acids is 1. The van der Waals surface area contributed by atoms with Gasteiger partial charge in [0.05, 0.1) is 0 Å². The standard InChI is InChI=1S/C18H28O/c1-14-9-10-16-17(2,3)11-7-12-18(16,4)15(14)8-5-6-13-19/h5-6,13,15-16H,1,7-12H2,2-4H3/b6-5+. The first kappa shape index (κ1) is 14.6. The molecule has 0 aromatic heterocycles. The zero-order chi connectivity index (χ0) is 14.1. The Morgan fingerprint density at radius 2 is 2.05 bits per heavy atom. The summed E-state index contributed by atoms with van der Waals surface area (Å²) in [6, 6.07) is 0. The molecule has 0 amide bonds. The van der Waals surface area contributed by atoms with Crippen LogP contribution in [0.1, 0.15) is 59.3 Å². The smallest absolute Gasteiger partial charge is 0.142 e. The van der Waals surface area contributed by atoms with Crippen LogP contribution in [0, 0.1) is 22.7 Å². The second-order valence-electron chi connectivity index (χ2n) is 7.45. The number of rotatable bonds is 3. The monoisotopic (exact) mass is 260 g/mol. The van der Waals surface area contributed by atoms with Crippen molar-refractivity contribution in [3.8, 4) is 0 Å². The molecule has 3 unspecified atom stereocenters. The number of allylic oxidation sites excluding steroid dienone is 3. The molecular weight excluding hydrogens is 232 g/mol. The van der Waals surface area contributed by atoms with Crippen molar-refractivity contribution < 1.29 is 4.79 Å². The topological polar surface area (TPSA) is 17.1 Å². The highest BCUT2D eigenvalue weighted by molar-refractivity contribution is 5.64. The van der Waals surface area contributed by atoms with E-state index in [1.807, 2.05) is 6.08 Å². The molecule has 1 nitrogen and oxygen atoms in total. The Labute approximate surface area is 118 Å². The number of fused-ring (bicyclic) bond motifs is 1. The maximum absolute atomic E-state index is 10.5. The van der Waals surface area contributed by atoms with E-state index in [9.17, 15) is 4.79 Å². The van der Waals surface area contributed by atoms with E-state index in [1.54, 1.807) is 6.08 Å². The highest BCUT2D eigenvalue weighted by Gasteiger charge is 2.52. The molecule has 0 bridgehead atoms. The van der Waals surface area contributed by atoms with E-state index < -0.39 is 0 Å². The molecule has 3 atom stereocenters. The number of hydrogen-bond acceptors (Lipinski definition) is 1. The van der Waals surface area contributed by atoms with Crippen LogP contribution in [0.25, 0.3) is 0 Å². The summed E-state index contributed by atoms with van der Waals surface area (Å²) in [6.07, 6.45) is 12.0. The quantitative estimate of drug-likeness (QED) is 0.399. The van der Waals surface area contributed by atoms with Crippen molar-refractivity contribution in [2.45, 2.75) is 59.3 Å². The minimum Gasteiger partial charge on any atom is -0.299 e. The lowest BCUT2D eigenvalue weighted by Gasteiger charge is -2.58. The van der Waals surface area contributed by atoms with Gasteiger partial charge >= 0.3 is 0 Å². The van der Waals surface area contributed by atoms with Crippen LogP contribution < -0.4 is 0 Å². The SMILES string of the molecule is C=C1CCC2C(C)(C)CCCC2(C)C1C/C=C/C=O. The van der Waals surface area contributed by atoms with E-state index in [0.29, 0.717) is 16.7 Å².